The molecule has 5 rings (SSSR count). The van der Waals surface area contributed by atoms with E-state index in [1.54, 1.807) is 0 Å². The molecule has 1 aliphatic rings. The van der Waals surface area contributed by atoms with Gasteiger partial charge >= 0.3 is 0 Å². The summed E-state index contributed by atoms with van der Waals surface area (Å²) in [5.74, 6) is 0. The lowest BCUT2D eigenvalue weighted by atomic mass is 10.00. The summed E-state index contributed by atoms with van der Waals surface area (Å²) >= 11 is 6.22. The molecule has 0 saturated carbocycles. The Morgan fingerprint density at radius 2 is 0.903 bits per heavy atom. The number of nitrogens with one attached hydrogen (secondary N) is 3. The van der Waals surface area contributed by atoms with Gasteiger partial charge < -0.3 is 0 Å². The van der Waals surface area contributed by atoms with Crippen LogP contribution in [-0.4, -0.2) is 0 Å². The van der Waals surface area contributed by atoms with Crippen molar-refractivity contribution in [2.75, 3.05) is 0 Å². The van der Waals surface area contributed by atoms with Gasteiger partial charge in [0.15, 0.2) is 0 Å². The van der Waals surface area contributed by atoms with E-state index in [0.717, 1.165) is 16.1 Å². The van der Waals surface area contributed by atoms with Crippen LogP contribution in [-0.2, 0) is 0 Å². The van der Waals surface area contributed by atoms with Gasteiger partial charge in [-0.2, -0.15) is 0 Å². The minimum atomic E-state index is -0.0178. The van der Waals surface area contributed by atoms with Crippen LogP contribution in [0.4, 0.5) is 0 Å². The fourth-order valence-electron chi connectivity index (χ4n) is 4.08. The van der Waals surface area contributed by atoms with Gasteiger partial charge in [0.2, 0.25) is 0 Å². The van der Waals surface area contributed by atoms with Crippen LogP contribution in [0.5, 0.6) is 0 Å². The van der Waals surface area contributed by atoms with Gasteiger partial charge in [-0.25, -0.2) is 0 Å². The maximum Gasteiger partial charge on any atom is 0.0864 e. The van der Waals surface area contributed by atoms with E-state index in [4.69, 9.17) is 11.6 Å². The Bertz CT molecular complexity index is 1100. The summed E-state index contributed by atoms with van der Waals surface area (Å²) in [4.78, 5) is 0. The van der Waals surface area contributed by atoms with Crippen LogP contribution >= 0.6 is 11.6 Å². The largest absolute Gasteiger partial charge is 0.279 e. The van der Waals surface area contributed by atoms with Crippen molar-refractivity contribution < 1.29 is 0 Å². The molecule has 3 N–H and O–H groups in total. The molecule has 0 bridgehead atoms. The average molecular weight is 426 g/mol. The molecule has 2 atom stereocenters. The summed E-state index contributed by atoms with van der Waals surface area (Å²) in [5, 5.41) is 11.9. The van der Waals surface area contributed by atoms with Crippen LogP contribution in [0.15, 0.2) is 109 Å². The third kappa shape index (κ3) is 4.55. The van der Waals surface area contributed by atoms with Crippen LogP contribution in [0, 0.1) is 0 Å². The molecule has 1 heterocycles. The summed E-state index contributed by atoms with van der Waals surface area (Å²) < 4.78 is 0. The van der Waals surface area contributed by atoms with E-state index in [9.17, 15) is 0 Å². The highest BCUT2D eigenvalue weighted by Crippen LogP contribution is 2.30. The van der Waals surface area contributed by atoms with Crippen molar-refractivity contribution in [3.05, 3.63) is 131 Å². The van der Waals surface area contributed by atoms with Gasteiger partial charge in [0, 0.05) is 5.02 Å². The van der Waals surface area contributed by atoms with Crippen molar-refractivity contribution in [2.45, 2.75) is 18.5 Å². The minimum Gasteiger partial charge on any atom is -0.279 e. The Kier molecular flexibility index (Phi) is 5.83. The monoisotopic (exact) mass is 425 g/mol. The van der Waals surface area contributed by atoms with Crippen LogP contribution in [0.2, 0.25) is 5.02 Å². The second kappa shape index (κ2) is 9.04. The zero-order valence-electron chi connectivity index (χ0n) is 17.0. The lowest BCUT2D eigenvalue weighted by Gasteiger charge is -2.39. The molecule has 4 heteroatoms. The van der Waals surface area contributed by atoms with Crippen molar-refractivity contribution in [2.24, 2.45) is 0 Å². The topological polar surface area (TPSA) is 36.1 Å². The molecule has 3 nitrogen and oxygen atoms in total. The van der Waals surface area contributed by atoms with Gasteiger partial charge in [-0.3, -0.25) is 16.0 Å². The number of halogens is 1. The lowest BCUT2D eigenvalue weighted by Crippen LogP contribution is -2.54. The summed E-state index contributed by atoms with van der Waals surface area (Å²) in [7, 11) is 0. The smallest absolute Gasteiger partial charge is 0.0864 e. The first-order valence-electron chi connectivity index (χ1n) is 10.5. The molecule has 0 amide bonds. The molecular weight excluding hydrogens is 402 g/mol. The highest BCUT2D eigenvalue weighted by molar-refractivity contribution is 6.30. The van der Waals surface area contributed by atoms with Crippen molar-refractivity contribution in [3.8, 4) is 11.1 Å². The Labute approximate surface area is 188 Å². The molecule has 0 spiro atoms. The lowest BCUT2D eigenvalue weighted by molar-refractivity contribution is 0.203. The fraction of sp³-hybridized carbons (Fsp3) is 0.111. The first-order chi connectivity index (χ1) is 15.3. The standard InChI is InChI=1S/C27H24ClN3/c28-24-16-8-14-22(18-24)21-13-7-15-23(17-21)27-30-25(19-9-3-1-4-10-19)29-26(31-27)20-11-5-2-6-12-20/h1-18,25-27,29-31H. The van der Waals surface area contributed by atoms with E-state index in [1.165, 1.54) is 16.7 Å². The zero-order valence-corrected chi connectivity index (χ0v) is 17.8. The highest BCUT2D eigenvalue weighted by atomic mass is 35.5. The Morgan fingerprint density at radius 1 is 0.452 bits per heavy atom. The molecule has 1 fully saturated rings. The van der Waals surface area contributed by atoms with Gasteiger partial charge in [-0.05, 0) is 46.0 Å². The second-order valence-corrected chi connectivity index (χ2v) is 8.19. The van der Waals surface area contributed by atoms with Crippen LogP contribution in [0.25, 0.3) is 11.1 Å². The first-order valence-corrected chi connectivity index (χ1v) is 10.9. The number of rotatable bonds is 4. The van der Waals surface area contributed by atoms with Crippen molar-refractivity contribution in [3.63, 3.8) is 0 Å². The number of benzene rings is 4. The van der Waals surface area contributed by atoms with E-state index in [0.29, 0.717) is 0 Å². The molecule has 0 aromatic heterocycles. The molecule has 4 aromatic carbocycles. The molecular formula is C27H24ClN3. The van der Waals surface area contributed by atoms with E-state index in [-0.39, 0.29) is 18.5 Å². The Balaban J connectivity index is 1.49. The Hall–Kier alpha value is -2.95. The highest BCUT2D eigenvalue weighted by Gasteiger charge is 2.29. The zero-order chi connectivity index (χ0) is 21.0. The molecule has 0 aliphatic carbocycles. The van der Waals surface area contributed by atoms with E-state index >= 15 is 0 Å². The quantitative estimate of drug-likeness (QED) is 0.365. The van der Waals surface area contributed by atoms with Crippen molar-refractivity contribution in [1.82, 2.24) is 16.0 Å². The summed E-state index contributed by atoms with van der Waals surface area (Å²) in [6, 6.07) is 37.6. The van der Waals surface area contributed by atoms with Gasteiger partial charge in [0.25, 0.3) is 0 Å². The van der Waals surface area contributed by atoms with E-state index in [1.807, 2.05) is 30.3 Å². The maximum absolute atomic E-state index is 6.22. The van der Waals surface area contributed by atoms with Crippen LogP contribution in [0.1, 0.15) is 35.2 Å². The molecule has 0 radical (unpaired) electrons. The van der Waals surface area contributed by atoms with Crippen molar-refractivity contribution in [1.29, 1.82) is 0 Å². The maximum atomic E-state index is 6.22. The SMILES string of the molecule is Clc1cccc(-c2cccc(C3NC(c4ccccc4)NC(c4ccccc4)N3)c2)c1. The van der Waals surface area contributed by atoms with Gasteiger partial charge in [0.1, 0.15) is 0 Å². The van der Waals surface area contributed by atoms with Crippen molar-refractivity contribution >= 4 is 11.6 Å². The molecule has 31 heavy (non-hydrogen) atoms. The van der Waals surface area contributed by atoms with Gasteiger partial charge in [-0.15, -0.1) is 0 Å². The van der Waals surface area contributed by atoms with E-state index in [2.05, 4.69) is 94.8 Å². The number of hydrogen-bond donors (Lipinski definition) is 3. The molecule has 4 aromatic rings. The average Bonchev–Trinajstić information content (AvgIpc) is 2.85. The first kappa shape index (κ1) is 20.0. The molecule has 1 aliphatic heterocycles. The summed E-state index contributed by atoms with van der Waals surface area (Å²) in [6.45, 7) is 0. The number of hydrogen-bond acceptors (Lipinski definition) is 3. The Morgan fingerprint density at radius 3 is 1.45 bits per heavy atom. The van der Waals surface area contributed by atoms with Gasteiger partial charge in [0.05, 0.1) is 18.5 Å². The third-order valence-electron chi connectivity index (χ3n) is 5.64. The minimum absolute atomic E-state index is 0.0178. The van der Waals surface area contributed by atoms with E-state index < -0.39 is 0 Å². The van der Waals surface area contributed by atoms with Crippen LogP contribution < -0.4 is 16.0 Å². The molecule has 1 saturated heterocycles. The third-order valence-corrected chi connectivity index (χ3v) is 5.88. The molecule has 154 valence electrons. The fourth-order valence-corrected chi connectivity index (χ4v) is 4.27. The van der Waals surface area contributed by atoms with Gasteiger partial charge in [-0.1, -0.05) is 103 Å². The normalized spacial score (nSPS) is 21.0. The predicted molar refractivity (Wildman–Crippen MR) is 127 cm³/mol. The predicted octanol–water partition coefficient (Wildman–Crippen LogP) is 6.19. The summed E-state index contributed by atoms with van der Waals surface area (Å²) in [5.41, 5.74) is 5.86. The summed E-state index contributed by atoms with van der Waals surface area (Å²) in [6.07, 6.45) is 0.0239. The second-order valence-electron chi connectivity index (χ2n) is 7.76. The van der Waals surface area contributed by atoms with Crippen LogP contribution in [0.3, 0.4) is 0 Å². The molecule has 2 unspecified atom stereocenters.